The van der Waals surface area contributed by atoms with E-state index in [2.05, 4.69) is 0 Å². The zero-order chi connectivity index (χ0) is 11.4. The lowest BCUT2D eigenvalue weighted by atomic mass is 10.2. The molecule has 0 aromatic heterocycles. The summed E-state index contributed by atoms with van der Waals surface area (Å²) in [5, 5.41) is -0.529. The van der Waals surface area contributed by atoms with Crippen LogP contribution in [-0.2, 0) is 14.6 Å². The Bertz CT molecular complexity index is 278. The molecule has 0 fully saturated rings. The van der Waals surface area contributed by atoms with Gasteiger partial charge >= 0.3 is 0 Å². The molecule has 0 saturated carbocycles. The van der Waals surface area contributed by atoms with Crippen LogP contribution >= 0.6 is 0 Å². The fraction of sp³-hybridized carbons (Fsp3) is 0.900. The van der Waals surface area contributed by atoms with E-state index in [0.29, 0.717) is 12.3 Å². The molecule has 14 heavy (non-hydrogen) atoms. The fourth-order valence-electron chi connectivity index (χ4n) is 1.13. The molecular weight excluding hydrogens is 200 g/mol. The Labute approximate surface area is 86.8 Å². The van der Waals surface area contributed by atoms with Crippen LogP contribution in [0.5, 0.6) is 0 Å². The van der Waals surface area contributed by atoms with Crippen molar-refractivity contribution >= 4 is 15.6 Å². The molecule has 1 unspecified atom stereocenters. The van der Waals surface area contributed by atoms with Crippen LogP contribution < -0.4 is 0 Å². The summed E-state index contributed by atoms with van der Waals surface area (Å²) in [6.07, 6.45) is 0.811. The molecule has 0 N–H and O–H groups in total. The van der Waals surface area contributed by atoms with Crippen LogP contribution in [0, 0.1) is 5.92 Å². The molecule has 0 aromatic carbocycles. The van der Waals surface area contributed by atoms with Gasteiger partial charge in [-0.05, 0) is 26.2 Å². The maximum Gasteiger partial charge on any atom is 0.153 e. The largest absolute Gasteiger partial charge is 0.300 e. The first-order valence-corrected chi connectivity index (χ1v) is 6.68. The van der Waals surface area contributed by atoms with Crippen LogP contribution in [0.4, 0.5) is 0 Å². The summed E-state index contributed by atoms with van der Waals surface area (Å²) in [6, 6.07) is 0. The summed E-state index contributed by atoms with van der Waals surface area (Å²) in [7, 11) is -3.07. The minimum absolute atomic E-state index is 0.0642. The van der Waals surface area contributed by atoms with Gasteiger partial charge in [0.15, 0.2) is 9.84 Å². The monoisotopic (exact) mass is 220 g/mol. The van der Waals surface area contributed by atoms with Crippen LogP contribution in [-0.4, -0.2) is 25.2 Å². The quantitative estimate of drug-likeness (QED) is 0.686. The fourth-order valence-corrected chi connectivity index (χ4v) is 2.82. The number of carbonyl (C=O) groups is 1. The molecule has 0 rings (SSSR count). The average molecular weight is 220 g/mol. The van der Waals surface area contributed by atoms with Gasteiger partial charge in [-0.15, -0.1) is 0 Å². The average Bonchev–Trinajstić information content (AvgIpc) is 1.99. The van der Waals surface area contributed by atoms with Crippen LogP contribution in [0.2, 0.25) is 0 Å². The van der Waals surface area contributed by atoms with Crippen molar-refractivity contribution in [2.75, 3.05) is 5.75 Å². The molecule has 0 aliphatic heterocycles. The van der Waals surface area contributed by atoms with Gasteiger partial charge in [-0.2, -0.15) is 0 Å². The number of sulfone groups is 1. The minimum Gasteiger partial charge on any atom is -0.300 e. The van der Waals surface area contributed by atoms with Gasteiger partial charge in [-0.3, -0.25) is 4.79 Å². The van der Waals surface area contributed by atoms with E-state index >= 15 is 0 Å². The van der Waals surface area contributed by atoms with E-state index in [1.807, 2.05) is 13.8 Å². The first-order chi connectivity index (χ1) is 6.25. The third-order valence-electron chi connectivity index (χ3n) is 2.17. The molecule has 0 aliphatic rings. The summed E-state index contributed by atoms with van der Waals surface area (Å²) >= 11 is 0. The Balaban J connectivity index is 4.24. The Morgan fingerprint density at radius 3 is 2.07 bits per heavy atom. The third kappa shape index (κ3) is 5.37. The molecule has 84 valence electrons. The smallest absolute Gasteiger partial charge is 0.153 e. The van der Waals surface area contributed by atoms with Gasteiger partial charge in [0, 0.05) is 6.42 Å². The van der Waals surface area contributed by atoms with Gasteiger partial charge in [0.25, 0.3) is 0 Å². The highest BCUT2D eigenvalue weighted by molar-refractivity contribution is 7.92. The van der Waals surface area contributed by atoms with Crippen LogP contribution in [0.25, 0.3) is 0 Å². The zero-order valence-electron chi connectivity index (χ0n) is 9.41. The van der Waals surface area contributed by atoms with Gasteiger partial charge in [-0.25, -0.2) is 8.42 Å². The van der Waals surface area contributed by atoms with Crippen molar-refractivity contribution in [3.8, 4) is 0 Å². The predicted octanol–water partition coefficient (Wildman–Crippen LogP) is 1.81. The first-order valence-electron chi connectivity index (χ1n) is 4.96. The van der Waals surface area contributed by atoms with Gasteiger partial charge < -0.3 is 0 Å². The van der Waals surface area contributed by atoms with Crippen LogP contribution in [0.15, 0.2) is 0 Å². The maximum atomic E-state index is 11.6. The Kier molecular flexibility index (Phi) is 5.34. The summed E-state index contributed by atoms with van der Waals surface area (Å²) in [4.78, 5) is 10.8. The SMILES string of the molecule is CC(=O)CC(C)S(=O)(=O)CCC(C)C. The van der Waals surface area contributed by atoms with Gasteiger partial charge in [0.1, 0.15) is 5.78 Å². The molecule has 3 nitrogen and oxygen atoms in total. The topological polar surface area (TPSA) is 51.2 Å². The Hall–Kier alpha value is -0.380. The molecule has 0 saturated heterocycles. The van der Waals surface area contributed by atoms with E-state index in [0.717, 1.165) is 0 Å². The van der Waals surface area contributed by atoms with Crippen molar-refractivity contribution < 1.29 is 13.2 Å². The van der Waals surface area contributed by atoms with Crippen LogP contribution in [0.1, 0.15) is 40.5 Å². The molecule has 0 bridgehead atoms. The number of hydrogen-bond acceptors (Lipinski definition) is 3. The molecule has 1 atom stereocenters. The summed E-state index contributed by atoms with van der Waals surface area (Å²) in [6.45, 7) is 7.02. The number of ketones is 1. The number of Topliss-reactive ketones (excluding diaryl/α,β-unsaturated/α-hetero) is 1. The first kappa shape index (κ1) is 13.6. The Morgan fingerprint density at radius 1 is 1.21 bits per heavy atom. The summed E-state index contributed by atoms with van der Waals surface area (Å²) < 4.78 is 23.2. The van der Waals surface area contributed by atoms with Gasteiger partial charge in [0.05, 0.1) is 11.0 Å². The van der Waals surface area contributed by atoms with E-state index < -0.39 is 15.1 Å². The highest BCUT2D eigenvalue weighted by Gasteiger charge is 2.21. The number of carbonyl (C=O) groups excluding carboxylic acids is 1. The highest BCUT2D eigenvalue weighted by Crippen LogP contribution is 2.11. The lowest BCUT2D eigenvalue weighted by Crippen LogP contribution is -2.24. The normalized spacial score (nSPS) is 14.4. The van der Waals surface area contributed by atoms with Crippen molar-refractivity contribution in [2.24, 2.45) is 5.92 Å². The lowest BCUT2D eigenvalue weighted by molar-refractivity contribution is -0.116. The molecule has 0 amide bonds. The molecule has 0 heterocycles. The molecule has 4 heteroatoms. The third-order valence-corrected chi connectivity index (χ3v) is 4.37. The van der Waals surface area contributed by atoms with Crippen LogP contribution in [0.3, 0.4) is 0 Å². The van der Waals surface area contributed by atoms with Gasteiger partial charge in [-0.1, -0.05) is 13.8 Å². The predicted molar refractivity (Wildman–Crippen MR) is 58.0 cm³/mol. The number of rotatable bonds is 6. The molecule has 0 aliphatic carbocycles. The molecule has 0 aromatic rings. The maximum absolute atomic E-state index is 11.6. The van der Waals surface area contributed by atoms with Crippen molar-refractivity contribution in [3.63, 3.8) is 0 Å². The number of hydrogen-bond donors (Lipinski definition) is 0. The second-order valence-electron chi connectivity index (χ2n) is 4.27. The van der Waals surface area contributed by atoms with Crippen molar-refractivity contribution in [1.29, 1.82) is 0 Å². The second-order valence-corrected chi connectivity index (χ2v) is 6.80. The van der Waals surface area contributed by atoms with Gasteiger partial charge in [0.2, 0.25) is 0 Å². The molecular formula is C10H20O3S. The van der Waals surface area contributed by atoms with E-state index in [9.17, 15) is 13.2 Å². The summed E-state index contributed by atoms with van der Waals surface area (Å²) in [5.41, 5.74) is 0. The molecule has 0 spiro atoms. The second kappa shape index (κ2) is 5.49. The lowest BCUT2D eigenvalue weighted by Gasteiger charge is -2.12. The van der Waals surface area contributed by atoms with E-state index in [1.54, 1.807) is 6.92 Å². The summed E-state index contributed by atoms with van der Waals surface area (Å²) in [5.74, 6) is 0.513. The minimum atomic E-state index is -3.07. The molecule has 0 radical (unpaired) electrons. The standard InChI is InChI=1S/C10H20O3S/c1-8(2)5-6-14(12,13)10(4)7-9(3)11/h8,10H,5-7H2,1-4H3. The van der Waals surface area contributed by atoms with Crippen molar-refractivity contribution in [3.05, 3.63) is 0 Å². The van der Waals surface area contributed by atoms with Crippen molar-refractivity contribution in [1.82, 2.24) is 0 Å². The van der Waals surface area contributed by atoms with E-state index in [-0.39, 0.29) is 18.0 Å². The van der Waals surface area contributed by atoms with Crippen molar-refractivity contribution in [2.45, 2.75) is 45.8 Å². The van der Waals surface area contributed by atoms with E-state index in [1.165, 1.54) is 6.92 Å². The van der Waals surface area contributed by atoms with E-state index in [4.69, 9.17) is 0 Å². The Morgan fingerprint density at radius 2 is 1.71 bits per heavy atom. The highest BCUT2D eigenvalue weighted by atomic mass is 32.2. The zero-order valence-corrected chi connectivity index (χ0v) is 10.2.